The Labute approximate surface area is 216 Å². The molecule has 0 bridgehead atoms. The second kappa shape index (κ2) is 11.3. The molecule has 3 aromatic rings. The summed E-state index contributed by atoms with van der Waals surface area (Å²) in [4.78, 5) is 15.7. The molecule has 34 heavy (non-hydrogen) atoms. The molecular weight excluding hydrogens is 482 g/mol. The number of carbonyl (C=O) groups is 1. The van der Waals surface area contributed by atoms with E-state index in [-0.39, 0.29) is 5.91 Å². The number of aromatic nitrogens is 2. The Balaban J connectivity index is 1.67. The van der Waals surface area contributed by atoms with Crippen molar-refractivity contribution in [3.05, 3.63) is 76.3 Å². The van der Waals surface area contributed by atoms with Gasteiger partial charge in [-0.2, -0.15) is 5.10 Å². The van der Waals surface area contributed by atoms with Gasteiger partial charge in [0.25, 0.3) is 5.91 Å². The number of benzene rings is 2. The Kier molecular flexibility index (Phi) is 8.24. The van der Waals surface area contributed by atoms with Crippen molar-refractivity contribution in [2.24, 2.45) is 5.92 Å². The summed E-state index contributed by atoms with van der Waals surface area (Å²) in [5.41, 5.74) is 3.54. The fourth-order valence-electron chi connectivity index (χ4n) is 4.01. The Hall–Kier alpha value is -2.41. The molecule has 0 unspecified atom stereocenters. The first-order valence-corrected chi connectivity index (χ1v) is 13.3. The van der Waals surface area contributed by atoms with Crippen molar-refractivity contribution in [2.45, 2.75) is 39.5 Å². The molecule has 2 heterocycles. The Morgan fingerprint density at radius 3 is 2.53 bits per heavy atom. The van der Waals surface area contributed by atoms with Crippen molar-refractivity contribution in [1.82, 2.24) is 14.7 Å². The number of halogens is 1. The first-order valence-electron chi connectivity index (χ1n) is 11.7. The standard InChI is InChI=1S/C27H28ClN3OS2/c1-3-5-9-19(4-2)17-30-26(32)24(34-27(30)33)16-21-18-31(23-10-7-6-8-11-23)29-25(21)20-12-14-22(28)15-13-20/h6-8,10-16,18-19H,3-5,9,17H2,1-2H3/b24-16+/t19-/m0/s1. The average Bonchev–Trinajstić information content (AvgIpc) is 3.39. The third kappa shape index (κ3) is 5.62. The van der Waals surface area contributed by atoms with Crippen molar-refractivity contribution in [1.29, 1.82) is 0 Å². The smallest absolute Gasteiger partial charge is 0.266 e. The van der Waals surface area contributed by atoms with Crippen LogP contribution in [0.15, 0.2) is 65.7 Å². The van der Waals surface area contributed by atoms with E-state index in [4.69, 9.17) is 28.9 Å². The zero-order chi connectivity index (χ0) is 24.1. The summed E-state index contributed by atoms with van der Waals surface area (Å²) in [5, 5.41) is 5.51. The van der Waals surface area contributed by atoms with Gasteiger partial charge in [0, 0.05) is 28.9 Å². The van der Waals surface area contributed by atoms with Crippen LogP contribution in [0.2, 0.25) is 5.02 Å². The number of hydrogen-bond acceptors (Lipinski definition) is 4. The van der Waals surface area contributed by atoms with E-state index in [1.807, 2.05) is 71.6 Å². The molecule has 0 spiro atoms. The van der Waals surface area contributed by atoms with Crippen LogP contribution in [0.25, 0.3) is 23.0 Å². The molecule has 4 nitrogen and oxygen atoms in total. The van der Waals surface area contributed by atoms with Crippen LogP contribution in [0.5, 0.6) is 0 Å². The fourth-order valence-corrected chi connectivity index (χ4v) is 5.40. The average molecular weight is 510 g/mol. The van der Waals surface area contributed by atoms with E-state index in [0.29, 0.717) is 26.7 Å². The lowest BCUT2D eigenvalue weighted by Crippen LogP contribution is -2.33. The molecule has 176 valence electrons. The van der Waals surface area contributed by atoms with Gasteiger partial charge in [0.1, 0.15) is 4.32 Å². The molecule has 1 fully saturated rings. The maximum Gasteiger partial charge on any atom is 0.266 e. The quantitative estimate of drug-likeness (QED) is 0.220. The maximum atomic E-state index is 13.3. The van der Waals surface area contributed by atoms with Gasteiger partial charge in [-0.1, -0.05) is 99.0 Å². The molecule has 1 aromatic heterocycles. The summed E-state index contributed by atoms with van der Waals surface area (Å²) in [6.07, 6.45) is 8.37. The molecular formula is C27H28ClN3OS2. The highest BCUT2D eigenvalue weighted by Crippen LogP contribution is 2.36. The number of amides is 1. The zero-order valence-electron chi connectivity index (χ0n) is 19.4. The number of carbonyl (C=O) groups excluding carboxylic acids is 1. The van der Waals surface area contributed by atoms with Crippen LogP contribution in [0.1, 0.15) is 45.1 Å². The fraction of sp³-hybridized carbons (Fsp3) is 0.296. The van der Waals surface area contributed by atoms with Gasteiger partial charge >= 0.3 is 0 Å². The number of nitrogens with zero attached hydrogens (tertiary/aromatic N) is 3. The molecule has 1 aliphatic rings. The number of para-hydroxylation sites is 1. The molecule has 1 saturated heterocycles. The van der Waals surface area contributed by atoms with E-state index < -0.39 is 0 Å². The maximum absolute atomic E-state index is 13.3. The van der Waals surface area contributed by atoms with E-state index >= 15 is 0 Å². The minimum atomic E-state index is -0.0144. The molecule has 0 N–H and O–H groups in total. The Bertz CT molecular complexity index is 1190. The number of thiocarbonyl (C=S) groups is 1. The molecule has 4 rings (SSSR count). The van der Waals surface area contributed by atoms with E-state index in [0.717, 1.165) is 41.8 Å². The zero-order valence-corrected chi connectivity index (χ0v) is 21.8. The normalized spacial score (nSPS) is 16.0. The molecule has 0 aliphatic carbocycles. The third-order valence-electron chi connectivity index (χ3n) is 6.03. The van der Waals surface area contributed by atoms with Crippen LogP contribution < -0.4 is 0 Å². The van der Waals surface area contributed by atoms with Gasteiger partial charge in [0.05, 0.1) is 16.3 Å². The lowest BCUT2D eigenvalue weighted by atomic mass is 9.99. The molecule has 0 saturated carbocycles. The number of hydrogen-bond donors (Lipinski definition) is 0. The van der Waals surface area contributed by atoms with Crippen LogP contribution in [-0.2, 0) is 4.79 Å². The lowest BCUT2D eigenvalue weighted by Gasteiger charge is -2.21. The minimum Gasteiger partial charge on any atom is -0.293 e. The molecule has 0 radical (unpaired) electrons. The SMILES string of the molecule is CCCC[C@H](CC)CN1C(=O)/C(=C\c2cn(-c3ccccc3)nc2-c2ccc(Cl)cc2)SC1=S. The number of rotatable bonds is 9. The van der Waals surface area contributed by atoms with Gasteiger partial charge in [-0.25, -0.2) is 4.68 Å². The van der Waals surface area contributed by atoms with E-state index in [2.05, 4.69) is 13.8 Å². The highest BCUT2D eigenvalue weighted by Gasteiger charge is 2.33. The molecule has 1 amide bonds. The van der Waals surface area contributed by atoms with Gasteiger partial charge in [0.15, 0.2) is 0 Å². The number of unbranched alkanes of at least 4 members (excludes halogenated alkanes) is 1. The van der Waals surface area contributed by atoms with Gasteiger partial charge in [-0.15, -0.1) is 0 Å². The first-order chi connectivity index (χ1) is 16.5. The van der Waals surface area contributed by atoms with Gasteiger partial charge in [-0.3, -0.25) is 9.69 Å². The second-order valence-corrected chi connectivity index (χ2v) is 10.5. The third-order valence-corrected chi connectivity index (χ3v) is 7.65. The summed E-state index contributed by atoms with van der Waals surface area (Å²) < 4.78 is 2.48. The summed E-state index contributed by atoms with van der Waals surface area (Å²) in [6, 6.07) is 17.5. The van der Waals surface area contributed by atoms with E-state index in [9.17, 15) is 4.79 Å². The van der Waals surface area contributed by atoms with Crippen molar-refractivity contribution < 1.29 is 4.79 Å². The molecule has 7 heteroatoms. The van der Waals surface area contributed by atoms with Crippen LogP contribution in [0.3, 0.4) is 0 Å². The summed E-state index contributed by atoms with van der Waals surface area (Å²) in [7, 11) is 0. The van der Waals surface area contributed by atoms with Crippen LogP contribution in [-0.4, -0.2) is 31.5 Å². The minimum absolute atomic E-state index is 0.0144. The highest BCUT2D eigenvalue weighted by atomic mass is 35.5. The Morgan fingerprint density at radius 2 is 1.85 bits per heavy atom. The van der Waals surface area contributed by atoms with Crippen LogP contribution in [0, 0.1) is 5.92 Å². The van der Waals surface area contributed by atoms with E-state index in [1.54, 1.807) is 4.90 Å². The van der Waals surface area contributed by atoms with E-state index in [1.165, 1.54) is 18.2 Å². The highest BCUT2D eigenvalue weighted by molar-refractivity contribution is 8.26. The van der Waals surface area contributed by atoms with Gasteiger partial charge in [0.2, 0.25) is 0 Å². The summed E-state index contributed by atoms with van der Waals surface area (Å²) >= 11 is 13.1. The van der Waals surface area contributed by atoms with Gasteiger partial charge < -0.3 is 0 Å². The molecule has 2 aromatic carbocycles. The number of thioether (sulfide) groups is 1. The lowest BCUT2D eigenvalue weighted by molar-refractivity contribution is -0.122. The molecule has 1 atom stereocenters. The van der Waals surface area contributed by atoms with Gasteiger partial charge in [-0.05, 0) is 42.7 Å². The second-order valence-electron chi connectivity index (χ2n) is 8.43. The van der Waals surface area contributed by atoms with Crippen molar-refractivity contribution in [3.8, 4) is 16.9 Å². The van der Waals surface area contributed by atoms with Crippen LogP contribution >= 0.6 is 35.6 Å². The Morgan fingerprint density at radius 1 is 1.12 bits per heavy atom. The van der Waals surface area contributed by atoms with Crippen molar-refractivity contribution >= 4 is 51.9 Å². The monoisotopic (exact) mass is 509 g/mol. The summed E-state index contributed by atoms with van der Waals surface area (Å²) in [6.45, 7) is 5.07. The first kappa shape index (κ1) is 24.7. The van der Waals surface area contributed by atoms with Crippen molar-refractivity contribution in [2.75, 3.05) is 6.54 Å². The van der Waals surface area contributed by atoms with Crippen molar-refractivity contribution in [3.63, 3.8) is 0 Å². The summed E-state index contributed by atoms with van der Waals surface area (Å²) in [5.74, 6) is 0.451. The predicted molar refractivity (Wildman–Crippen MR) is 147 cm³/mol. The molecule has 1 aliphatic heterocycles. The predicted octanol–water partition coefficient (Wildman–Crippen LogP) is 7.61. The largest absolute Gasteiger partial charge is 0.293 e. The topological polar surface area (TPSA) is 38.1 Å². The van der Waals surface area contributed by atoms with Crippen LogP contribution in [0.4, 0.5) is 0 Å².